The number of carboxylic acids is 1. The van der Waals surface area contributed by atoms with Crippen molar-refractivity contribution in [3.8, 4) is 0 Å². The van der Waals surface area contributed by atoms with Crippen LogP contribution in [0.2, 0.25) is 0 Å². The first-order chi connectivity index (χ1) is 9.79. The summed E-state index contributed by atoms with van der Waals surface area (Å²) in [5.74, 6) is -1.32. The third kappa shape index (κ3) is 3.13. The topological polar surface area (TPSA) is 66.4 Å². The van der Waals surface area contributed by atoms with Crippen molar-refractivity contribution >= 4 is 28.9 Å². The molecule has 5 heteroatoms. The van der Waals surface area contributed by atoms with Crippen LogP contribution in [0.25, 0.3) is 0 Å². The van der Waals surface area contributed by atoms with Gasteiger partial charge in [-0.2, -0.15) is 0 Å². The molecule has 1 heterocycles. The normalized spacial score (nSPS) is 10.5. The van der Waals surface area contributed by atoms with Crippen LogP contribution in [0, 0.1) is 27.7 Å². The van der Waals surface area contributed by atoms with Crippen LogP contribution in [0.1, 0.15) is 41.6 Å². The van der Waals surface area contributed by atoms with Crippen LogP contribution in [-0.4, -0.2) is 17.0 Å². The molecule has 0 saturated heterocycles. The lowest BCUT2D eigenvalue weighted by atomic mass is 10.0. The summed E-state index contributed by atoms with van der Waals surface area (Å²) in [5, 5.41) is 12.1. The average molecular weight is 303 g/mol. The van der Waals surface area contributed by atoms with Crippen LogP contribution >= 0.6 is 11.3 Å². The van der Waals surface area contributed by atoms with E-state index in [-0.39, 0.29) is 11.5 Å². The summed E-state index contributed by atoms with van der Waals surface area (Å²) in [6.07, 6.45) is 0. The van der Waals surface area contributed by atoms with Gasteiger partial charge in [0.05, 0.1) is 16.8 Å². The molecule has 0 fully saturated rings. The van der Waals surface area contributed by atoms with Gasteiger partial charge in [0.25, 0.3) is 5.91 Å². The molecule has 0 aliphatic heterocycles. The largest absolute Gasteiger partial charge is 0.478 e. The first-order valence-corrected chi connectivity index (χ1v) is 7.34. The number of thiophene rings is 1. The van der Waals surface area contributed by atoms with Gasteiger partial charge in [0, 0.05) is 9.75 Å². The molecule has 2 aromatic rings. The number of carbonyl (C=O) groups is 2. The summed E-state index contributed by atoms with van der Waals surface area (Å²) >= 11 is 1.55. The number of carbonyl (C=O) groups excluding carboxylic acids is 1. The molecular weight excluding hydrogens is 286 g/mol. The van der Waals surface area contributed by atoms with E-state index in [9.17, 15) is 14.7 Å². The minimum Gasteiger partial charge on any atom is -0.478 e. The molecular formula is C16H17NO3S. The quantitative estimate of drug-likeness (QED) is 0.902. The predicted molar refractivity (Wildman–Crippen MR) is 84.6 cm³/mol. The summed E-state index contributed by atoms with van der Waals surface area (Å²) in [6.45, 7) is 7.44. The van der Waals surface area contributed by atoms with Crippen LogP contribution in [0.3, 0.4) is 0 Å². The number of amides is 1. The molecule has 1 aromatic heterocycles. The Morgan fingerprint density at radius 2 is 1.71 bits per heavy atom. The zero-order valence-electron chi connectivity index (χ0n) is 12.4. The van der Waals surface area contributed by atoms with Gasteiger partial charge in [-0.3, -0.25) is 4.79 Å². The molecule has 2 N–H and O–H groups in total. The van der Waals surface area contributed by atoms with Gasteiger partial charge < -0.3 is 10.4 Å². The van der Waals surface area contributed by atoms with Gasteiger partial charge in [-0.25, -0.2) is 4.79 Å². The van der Waals surface area contributed by atoms with Gasteiger partial charge >= 0.3 is 5.97 Å². The molecule has 0 unspecified atom stereocenters. The molecule has 1 aromatic carbocycles. The minimum atomic E-state index is -1.05. The van der Waals surface area contributed by atoms with Gasteiger partial charge in [-0.1, -0.05) is 6.07 Å². The molecule has 4 nitrogen and oxygen atoms in total. The van der Waals surface area contributed by atoms with Gasteiger partial charge in [0.1, 0.15) is 0 Å². The Morgan fingerprint density at radius 1 is 1.05 bits per heavy atom. The highest BCUT2D eigenvalue weighted by atomic mass is 32.1. The third-order valence-corrected chi connectivity index (χ3v) is 4.20. The number of nitrogens with one attached hydrogen (secondary N) is 1. The first-order valence-electron chi connectivity index (χ1n) is 6.52. The van der Waals surface area contributed by atoms with Crippen LogP contribution in [-0.2, 0) is 0 Å². The van der Waals surface area contributed by atoms with Crippen molar-refractivity contribution in [1.82, 2.24) is 0 Å². The number of aryl methyl sites for hydroxylation is 4. The lowest BCUT2D eigenvalue weighted by Crippen LogP contribution is -2.16. The SMILES string of the molecule is Cc1cc(C)c(NC(=O)c2cc(C)sc2C)c(C(=O)O)c1. The van der Waals surface area contributed by atoms with E-state index in [1.165, 1.54) is 0 Å². The Kier molecular flexibility index (Phi) is 4.14. The highest BCUT2D eigenvalue weighted by molar-refractivity contribution is 7.12. The summed E-state index contributed by atoms with van der Waals surface area (Å²) in [5.41, 5.74) is 2.66. The zero-order valence-corrected chi connectivity index (χ0v) is 13.2. The van der Waals surface area contributed by atoms with Gasteiger partial charge in [-0.05, 0) is 51.0 Å². The fourth-order valence-corrected chi connectivity index (χ4v) is 3.26. The van der Waals surface area contributed by atoms with Gasteiger partial charge in [-0.15, -0.1) is 11.3 Å². The Labute approximate surface area is 127 Å². The van der Waals surface area contributed by atoms with Gasteiger partial charge in [0.2, 0.25) is 0 Å². The van der Waals surface area contributed by atoms with Gasteiger partial charge in [0.15, 0.2) is 0 Å². The fourth-order valence-electron chi connectivity index (χ4n) is 2.34. The summed E-state index contributed by atoms with van der Waals surface area (Å²) < 4.78 is 0. The van der Waals surface area contributed by atoms with Crippen LogP contribution in [0.5, 0.6) is 0 Å². The van der Waals surface area contributed by atoms with E-state index < -0.39 is 5.97 Å². The molecule has 0 saturated carbocycles. The molecule has 110 valence electrons. The maximum Gasteiger partial charge on any atom is 0.337 e. The number of hydrogen-bond donors (Lipinski definition) is 2. The fraction of sp³-hybridized carbons (Fsp3) is 0.250. The second kappa shape index (κ2) is 5.69. The van der Waals surface area contributed by atoms with E-state index in [4.69, 9.17) is 0 Å². The Balaban J connectivity index is 2.42. The maximum absolute atomic E-state index is 12.4. The van der Waals surface area contributed by atoms with E-state index in [1.54, 1.807) is 24.3 Å². The van der Waals surface area contributed by atoms with E-state index in [0.29, 0.717) is 11.3 Å². The summed E-state index contributed by atoms with van der Waals surface area (Å²) in [7, 11) is 0. The third-order valence-electron chi connectivity index (χ3n) is 3.23. The summed E-state index contributed by atoms with van der Waals surface area (Å²) in [4.78, 5) is 25.7. The van der Waals surface area contributed by atoms with Crippen molar-refractivity contribution in [3.63, 3.8) is 0 Å². The van der Waals surface area contributed by atoms with Crippen molar-refractivity contribution in [1.29, 1.82) is 0 Å². The molecule has 0 bridgehead atoms. The number of benzene rings is 1. The van der Waals surface area contributed by atoms with Crippen molar-refractivity contribution < 1.29 is 14.7 Å². The van der Waals surface area contributed by atoms with Crippen LogP contribution in [0.4, 0.5) is 5.69 Å². The molecule has 0 aliphatic carbocycles. The van der Waals surface area contributed by atoms with Crippen LogP contribution < -0.4 is 5.32 Å². The van der Waals surface area contributed by atoms with Crippen molar-refractivity contribution in [2.75, 3.05) is 5.32 Å². The van der Waals surface area contributed by atoms with E-state index in [1.807, 2.05) is 32.9 Å². The minimum absolute atomic E-state index is 0.116. The second-order valence-corrected chi connectivity index (χ2v) is 6.55. The second-order valence-electron chi connectivity index (χ2n) is 5.09. The Bertz CT molecular complexity index is 731. The zero-order chi connectivity index (χ0) is 15.7. The van der Waals surface area contributed by atoms with E-state index in [0.717, 1.165) is 20.9 Å². The number of hydrogen-bond acceptors (Lipinski definition) is 3. The standard InChI is InChI=1S/C16H17NO3S/c1-8-5-9(2)14(13(6-8)16(19)20)17-15(18)12-7-10(3)21-11(12)4/h5-7H,1-4H3,(H,17,18)(H,19,20). The highest BCUT2D eigenvalue weighted by Crippen LogP contribution is 2.26. The lowest BCUT2D eigenvalue weighted by Gasteiger charge is -2.12. The highest BCUT2D eigenvalue weighted by Gasteiger charge is 2.18. The lowest BCUT2D eigenvalue weighted by molar-refractivity contribution is 0.0698. The molecule has 0 atom stereocenters. The Morgan fingerprint density at radius 3 is 2.24 bits per heavy atom. The van der Waals surface area contributed by atoms with E-state index in [2.05, 4.69) is 5.32 Å². The number of carboxylic acid groups (broad SMARTS) is 1. The van der Waals surface area contributed by atoms with Crippen LogP contribution in [0.15, 0.2) is 18.2 Å². The molecule has 1 amide bonds. The van der Waals surface area contributed by atoms with E-state index >= 15 is 0 Å². The smallest absolute Gasteiger partial charge is 0.337 e. The first kappa shape index (κ1) is 15.3. The number of anilines is 1. The number of aromatic carboxylic acids is 1. The predicted octanol–water partition coefficient (Wildman–Crippen LogP) is 3.93. The Hall–Kier alpha value is -2.14. The molecule has 0 spiro atoms. The average Bonchev–Trinajstić information content (AvgIpc) is 2.71. The molecule has 0 radical (unpaired) electrons. The molecule has 0 aliphatic rings. The maximum atomic E-state index is 12.4. The monoisotopic (exact) mass is 303 g/mol. The van der Waals surface area contributed by atoms with Crippen molar-refractivity contribution in [2.45, 2.75) is 27.7 Å². The summed E-state index contributed by atoms with van der Waals surface area (Å²) in [6, 6.07) is 5.24. The molecule has 2 rings (SSSR count). The number of rotatable bonds is 3. The molecule has 21 heavy (non-hydrogen) atoms. The van der Waals surface area contributed by atoms with Crippen molar-refractivity contribution in [2.24, 2.45) is 0 Å². The van der Waals surface area contributed by atoms with Crippen molar-refractivity contribution in [3.05, 3.63) is 50.2 Å².